The summed E-state index contributed by atoms with van der Waals surface area (Å²) in [6.07, 6.45) is 8.53. The van der Waals surface area contributed by atoms with Gasteiger partial charge in [0.1, 0.15) is 17.8 Å². The summed E-state index contributed by atoms with van der Waals surface area (Å²) in [5.41, 5.74) is -0.567. The van der Waals surface area contributed by atoms with Crippen LogP contribution >= 0.6 is 0 Å². The fourth-order valence-corrected chi connectivity index (χ4v) is 5.66. The maximum absolute atomic E-state index is 13.5. The number of nitrogens with zero attached hydrogens (tertiary/aromatic N) is 2. The fourth-order valence-electron chi connectivity index (χ4n) is 5.66. The molecule has 1 unspecified atom stereocenters. The van der Waals surface area contributed by atoms with Gasteiger partial charge in [-0.1, -0.05) is 61.3 Å². The van der Waals surface area contributed by atoms with Gasteiger partial charge in [-0.15, -0.1) is 0 Å². The SMILES string of the molecule is CCCC(NC(=O)C[C@H]1CCC[C@H]1CNC(=O)[C@@H](NC(=O)[C@H](NC(=O)c1cnccn1)C(C)C)C(C)(C)C)C(=O)C(=O)N[C@H](C)CC. The highest BCUT2D eigenvalue weighted by Crippen LogP contribution is 2.34. The molecule has 6 atom stereocenters. The molecule has 13 heteroatoms. The topological polar surface area (TPSA) is 188 Å². The van der Waals surface area contributed by atoms with E-state index in [0.717, 1.165) is 19.3 Å². The first-order valence-electron chi connectivity index (χ1n) is 16.9. The van der Waals surface area contributed by atoms with Gasteiger partial charge in [-0.05, 0) is 55.8 Å². The number of Topliss-reactive ketones (excluding diaryl/α,β-unsaturated/α-hetero) is 1. The number of nitrogens with one attached hydrogen (secondary N) is 5. The Morgan fingerprint density at radius 3 is 2.15 bits per heavy atom. The quantitative estimate of drug-likeness (QED) is 0.158. The van der Waals surface area contributed by atoms with E-state index in [1.54, 1.807) is 13.8 Å². The molecule has 0 radical (unpaired) electrons. The minimum Gasteiger partial charge on any atom is -0.354 e. The summed E-state index contributed by atoms with van der Waals surface area (Å²) in [5, 5.41) is 14.0. The zero-order valence-corrected chi connectivity index (χ0v) is 29.3. The fraction of sp³-hybridized carbons (Fsp3) is 0.706. The summed E-state index contributed by atoms with van der Waals surface area (Å²) in [6.45, 7) is 15.1. The van der Waals surface area contributed by atoms with E-state index in [2.05, 4.69) is 36.6 Å². The van der Waals surface area contributed by atoms with Gasteiger partial charge >= 0.3 is 0 Å². The first-order chi connectivity index (χ1) is 22.1. The van der Waals surface area contributed by atoms with Gasteiger partial charge in [0, 0.05) is 31.4 Å². The van der Waals surface area contributed by atoms with E-state index in [1.807, 2.05) is 41.5 Å². The maximum atomic E-state index is 13.5. The summed E-state index contributed by atoms with van der Waals surface area (Å²) >= 11 is 0. The van der Waals surface area contributed by atoms with Crippen LogP contribution in [0.4, 0.5) is 0 Å². The van der Waals surface area contributed by atoms with E-state index in [1.165, 1.54) is 18.6 Å². The molecule has 47 heavy (non-hydrogen) atoms. The first kappa shape index (κ1) is 39.3. The van der Waals surface area contributed by atoms with E-state index in [0.29, 0.717) is 25.8 Å². The summed E-state index contributed by atoms with van der Waals surface area (Å²) in [6, 6.07) is -2.83. The van der Waals surface area contributed by atoms with Crippen molar-refractivity contribution in [3.05, 3.63) is 24.3 Å². The number of rotatable bonds is 17. The average Bonchev–Trinajstić information content (AvgIpc) is 3.46. The predicted molar refractivity (Wildman–Crippen MR) is 178 cm³/mol. The second-order valence-electron chi connectivity index (χ2n) is 14.0. The summed E-state index contributed by atoms with van der Waals surface area (Å²) in [5.74, 6) is -3.26. The summed E-state index contributed by atoms with van der Waals surface area (Å²) in [7, 11) is 0. The van der Waals surface area contributed by atoms with Crippen LogP contribution in [-0.2, 0) is 24.0 Å². The lowest BCUT2D eigenvalue weighted by Gasteiger charge is -2.33. The van der Waals surface area contributed by atoms with Gasteiger partial charge in [0.2, 0.25) is 23.5 Å². The average molecular weight is 658 g/mol. The van der Waals surface area contributed by atoms with Crippen molar-refractivity contribution in [2.24, 2.45) is 23.2 Å². The molecule has 5 N–H and O–H groups in total. The molecule has 5 amide bonds. The largest absolute Gasteiger partial charge is 0.354 e. The third-order valence-corrected chi connectivity index (χ3v) is 8.69. The van der Waals surface area contributed by atoms with E-state index >= 15 is 0 Å². The molecule has 2 rings (SSSR count). The first-order valence-corrected chi connectivity index (χ1v) is 16.9. The highest BCUT2D eigenvalue weighted by atomic mass is 16.2. The van der Waals surface area contributed by atoms with Crippen LogP contribution in [0.2, 0.25) is 0 Å². The van der Waals surface area contributed by atoms with Gasteiger partial charge in [-0.2, -0.15) is 0 Å². The Balaban J connectivity index is 2.02. The van der Waals surface area contributed by atoms with E-state index in [9.17, 15) is 28.8 Å². The third-order valence-electron chi connectivity index (χ3n) is 8.69. The number of carbonyl (C=O) groups is 6. The number of hydrogen-bond donors (Lipinski definition) is 5. The molecular formula is C34H55N7O6. The minimum atomic E-state index is -0.913. The third kappa shape index (κ3) is 12.3. The van der Waals surface area contributed by atoms with Crippen LogP contribution in [0.3, 0.4) is 0 Å². The molecule has 1 aliphatic rings. The van der Waals surface area contributed by atoms with Crippen LogP contribution in [0.5, 0.6) is 0 Å². The Labute approximate surface area is 279 Å². The second kappa shape index (κ2) is 18.4. The van der Waals surface area contributed by atoms with Crippen molar-refractivity contribution in [2.75, 3.05) is 6.54 Å². The van der Waals surface area contributed by atoms with Crippen LogP contribution in [0.25, 0.3) is 0 Å². The van der Waals surface area contributed by atoms with Gasteiger partial charge in [-0.25, -0.2) is 4.98 Å². The molecule has 0 aromatic carbocycles. The van der Waals surface area contributed by atoms with Crippen molar-refractivity contribution in [3.8, 4) is 0 Å². The molecule has 13 nitrogen and oxygen atoms in total. The van der Waals surface area contributed by atoms with E-state index < -0.39 is 47.0 Å². The van der Waals surface area contributed by atoms with Crippen molar-refractivity contribution in [1.29, 1.82) is 0 Å². The van der Waals surface area contributed by atoms with Crippen molar-refractivity contribution in [2.45, 2.75) is 125 Å². The van der Waals surface area contributed by atoms with Crippen LogP contribution in [-0.4, -0.2) is 76.0 Å². The smallest absolute Gasteiger partial charge is 0.289 e. The highest BCUT2D eigenvalue weighted by molar-refractivity contribution is 6.38. The Morgan fingerprint density at radius 2 is 1.57 bits per heavy atom. The van der Waals surface area contributed by atoms with Crippen molar-refractivity contribution in [1.82, 2.24) is 36.6 Å². The number of hydrogen-bond acceptors (Lipinski definition) is 8. The van der Waals surface area contributed by atoms with E-state index in [4.69, 9.17) is 0 Å². The lowest BCUT2D eigenvalue weighted by atomic mass is 9.85. The molecule has 0 bridgehead atoms. The number of aromatic nitrogens is 2. The Bertz CT molecular complexity index is 1230. The van der Waals surface area contributed by atoms with Crippen LogP contribution in [0.15, 0.2) is 18.6 Å². The van der Waals surface area contributed by atoms with Gasteiger partial charge < -0.3 is 26.6 Å². The molecular weight excluding hydrogens is 602 g/mol. The molecule has 1 fully saturated rings. The van der Waals surface area contributed by atoms with Crippen molar-refractivity contribution < 1.29 is 28.8 Å². The van der Waals surface area contributed by atoms with Crippen LogP contribution < -0.4 is 26.6 Å². The number of ketones is 1. The monoisotopic (exact) mass is 657 g/mol. The summed E-state index contributed by atoms with van der Waals surface area (Å²) < 4.78 is 0. The molecule has 1 saturated carbocycles. The van der Waals surface area contributed by atoms with E-state index in [-0.39, 0.29) is 47.7 Å². The molecule has 1 aromatic rings. The van der Waals surface area contributed by atoms with Crippen LogP contribution in [0.1, 0.15) is 111 Å². The number of amides is 5. The lowest BCUT2D eigenvalue weighted by molar-refractivity contribution is -0.140. The highest BCUT2D eigenvalue weighted by Gasteiger charge is 2.37. The Kier molecular flexibility index (Phi) is 15.4. The molecule has 0 saturated heterocycles. The minimum absolute atomic E-state index is 0.00841. The summed E-state index contributed by atoms with van der Waals surface area (Å²) in [4.78, 5) is 85.8. The van der Waals surface area contributed by atoms with Crippen LogP contribution in [0, 0.1) is 23.2 Å². The van der Waals surface area contributed by atoms with Gasteiger partial charge in [-0.3, -0.25) is 33.8 Å². The van der Waals surface area contributed by atoms with Gasteiger partial charge in [0.15, 0.2) is 0 Å². The molecule has 262 valence electrons. The lowest BCUT2D eigenvalue weighted by Crippen LogP contribution is -2.59. The Morgan fingerprint density at radius 1 is 0.894 bits per heavy atom. The van der Waals surface area contributed by atoms with Crippen molar-refractivity contribution in [3.63, 3.8) is 0 Å². The molecule has 0 aliphatic heterocycles. The normalized spacial score (nSPS) is 18.7. The number of carbonyl (C=O) groups excluding carboxylic acids is 6. The maximum Gasteiger partial charge on any atom is 0.289 e. The zero-order chi connectivity index (χ0) is 35.3. The Hall–Kier alpha value is -3.90. The van der Waals surface area contributed by atoms with Crippen molar-refractivity contribution >= 4 is 35.3 Å². The second-order valence-corrected chi connectivity index (χ2v) is 14.0. The molecule has 0 spiro atoms. The predicted octanol–water partition coefficient (Wildman–Crippen LogP) is 2.45. The molecule has 1 aromatic heterocycles. The standard InChI is InChI=1S/C34H55N7O6/c1-9-12-24(28(43)32(46)38-21(5)10-2)39-26(42)17-22-13-11-14-23(22)18-37-33(47)29(34(6,7)8)41-31(45)27(20(3)4)40-30(44)25-19-35-15-16-36-25/h15-16,19-24,27,29H,9-14,17-18H2,1-8H3,(H,37,47)(H,38,46)(H,39,42)(H,40,44)(H,41,45)/t21-,22-,23+,24?,27-,29-/m1/s1. The van der Waals surface area contributed by atoms with Gasteiger partial charge in [0.25, 0.3) is 11.8 Å². The molecule has 1 aliphatic carbocycles. The molecule has 1 heterocycles. The zero-order valence-electron chi connectivity index (χ0n) is 29.3. The van der Waals surface area contributed by atoms with Gasteiger partial charge in [0.05, 0.1) is 12.2 Å².